The Labute approximate surface area is 118 Å². The number of carbonyl (C=O) groups is 1. The maximum absolute atomic E-state index is 11.8. The molecule has 0 aliphatic carbocycles. The first-order valence-electron chi connectivity index (χ1n) is 6.60. The maximum Gasteiger partial charge on any atom is 0.338 e. The van der Waals surface area contributed by atoms with Gasteiger partial charge in [-0.25, -0.2) is 4.79 Å². The summed E-state index contributed by atoms with van der Waals surface area (Å²) in [4.78, 5) is 11.8. The molecular weight excluding hydrogens is 292 g/mol. The Morgan fingerprint density at radius 3 is 2.50 bits per heavy atom. The molecule has 1 aromatic carbocycles. The minimum atomic E-state index is -0.231. The number of halogens is 1. The average Bonchev–Trinajstić information content (AvgIpc) is 2.35. The van der Waals surface area contributed by atoms with E-state index in [-0.39, 0.29) is 12.1 Å². The highest BCUT2D eigenvalue weighted by atomic mass is 79.9. The van der Waals surface area contributed by atoms with Crippen LogP contribution in [0.5, 0.6) is 0 Å². The summed E-state index contributed by atoms with van der Waals surface area (Å²) in [5.74, 6) is -0.231. The lowest BCUT2D eigenvalue weighted by atomic mass is 10.1. The Hall–Kier alpha value is -0.830. The Morgan fingerprint density at radius 1 is 1.22 bits per heavy atom. The van der Waals surface area contributed by atoms with Crippen molar-refractivity contribution >= 4 is 21.9 Å². The van der Waals surface area contributed by atoms with E-state index in [0.717, 1.165) is 17.3 Å². The molecule has 0 saturated carbocycles. The quantitative estimate of drug-likeness (QED) is 0.525. The molecule has 0 fully saturated rings. The van der Waals surface area contributed by atoms with Crippen LogP contribution in [0.25, 0.3) is 0 Å². The molecule has 0 aliphatic rings. The van der Waals surface area contributed by atoms with E-state index in [2.05, 4.69) is 22.9 Å². The number of unbranched alkanes of at least 4 members (excludes halogenated alkanes) is 3. The zero-order valence-electron chi connectivity index (χ0n) is 11.1. The molecule has 3 heteroatoms. The molecule has 100 valence electrons. The number of benzene rings is 1. The monoisotopic (exact) mass is 312 g/mol. The van der Waals surface area contributed by atoms with Crippen molar-refractivity contribution in [2.24, 2.45) is 0 Å². The second kappa shape index (κ2) is 8.30. The minimum Gasteiger partial charge on any atom is -0.459 e. The molecule has 1 aromatic rings. The average molecular weight is 313 g/mol. The van der Waals surface area contributed by atoms with Crippen LogP contribution in [0.4, 0.5) is 0 Å². The highest BCUT2D eigenvalue weighted by Gasteiger charge is 2.11. The van der Waals surface area contributed by atoms with E-state index in [4.69, 9.17) is 4.74 Å². The summed E-state index contributed by atoms with van der Waals surface area (Å²) in [6.45, 7) is 4.15. The molecule has 0 bridgehead atoms. The Bertz CT molecular complexity index is 359. The minimum absolute atomic E-state index is 0.00185. The van der Waals surface area contributed by atoms with Gasteiger partial charge in [0, 0.05) is 4.47 Å². The number of carbonyl (C=O) groups excluding carboxylic acids is 1. The smallest absolute Gasteiger partial charge is 0.338 e. The van der Waals surface area contributed by atoms with Gasteiger partial charge in [-0.15, -0.1) is 0 Å². The molecule has 0 aliphatic heterocycles. The van der Waals surface area contributed by atoms with E-state index in [1.807, 2.05) is 19.1 Å². The van der Waals surface area contributed by atoms with Gasteiger partial charge in [-0.3, -0.25) is 0 Å². The van der Waals surface area contributed by atoms with Gasteiger partial charge in [-0.05, 0) is 44.0 Å². The summed E-state index contributed by atoms with van der Waals surface area (Å²) in [5, 5.41) is 0. The van der Waals surface area contributed by atoms with Gasteiger partial charge < -0.3 is 4.74 Å². The fraction of sp³-hybridized carbons (Fsp3) is 0.533. The van der Waals surface area contributed by atoms with Crippen LogP contribution in [0.2, 0.25) is 0 Å². The number of hydrogen-bond acceptors (Lipinski definition) is 2. The number of ether oxygens (including phenoxy) is 1. The van der Waals surface area contributed by atoms with E-state index >= 15 is 0 Å². The highest BCUT2D eigenvalue weighted by molar-refractivity contribution is 9.10. The molecule has 2 nitrogen and oxygen atoms in total. The fourth-order valence-electron chi connectivity index (χ4n) is 1.75. The predicted octanol–water partition coefficient (Wildman–Crippen LogP) is 4.96. The van der Waals surface area contributed by atoms with Gasteiger partial charge in [0.15, 0.2) is 0 Å². The van der Waals surface area contributed by atoms with Crippen LogP contribution in [-0.4, -0.2) is 12.1 Å². The fourth-order valence-corrected chi connectivity index (χ4v) is 2.02. The number of hydrogen-bond donors (Lipinski definition) is 0. The van der Waals surface area contributed by atoms with E-state index in [1.54, 1.807) is 12.1 Å². The Morgan fingerprint density at radius 2 is 1.89 bits per heavy atom. The van der Waals surface area contributed by atoms with Crippen molar-refractivity contribution in [1.82, 2.24) is 0 Å². The zero-order valence-corrected chi connectivity index (χ0v) is 12.7. The second-order valence-electron chi connectivity index (χ2n) is 4.57. The molecule has 18 heavy (non-hydrogen) atoms. The number of rotatable bonds is 7. The molecule has 0 N–H and O–H groups in total. The standard InChI is InChI=1S/C15H21BrO2/c1-3-4-5-6-7-12(2)18-15(17)13-8-10-14(16)11-9-13/h8-12H,3-7H2,1-2H3/t12-/m1/s1. The lowest BCUT2D eigenvalue weighted by molar-refractivity contribution is 0.0319. The Kier molecular flexibility index (Phi) is 7.02. The van der Waals surface area contributed by atoms with E-state index in [0.29, 0.717) is 5.56 Å². The van der Waals surface area contributed by atoms with Gasteiger partial charge in [-0.2, -0.15) is 0 Å². The van der Waals surface area contributed by atoms with Crippen LogP contribution < -0.4 is 0 Å². The van der Waals surface area contributed by atoms with Crippen molar-refractivity contribution in [3.63, 3.8) is 0 Å². The molecule has 0 radical (unpaired) electrons. The normalized spacial score (nSPS) is 12.2. The van der Waals surface area contributed by atoms with E-state index in [1.165, 1.54) is 19.3 Å². The molecule has 0 spiro atoms. The van der Waals surface area contributed by atoms with Crippen molar-refractivity contribution in [2.45, 2.75) is 52.1 Å². The summed E-state index contributed by atoms with van der Waals surface area (Å²) in [6.07, 6.45) is 5.78. The van der Waals surface area contributed by atoms with Gasteiger partial charge in [-0.1, -0.05) is 42.1 Å². The zero-order chi connectivity index (χ0) is 13.4. The molecule has 0 saturated heterocycles. The molecule has 0 aromatic heterocycles. The van der Waals surface area contributed by atoms with Crippen LogP contribution in [0, 0.1) is 0 Å². The van der Waals surface area contributed by atoms with Crippen molar-refractivity contribution < 1.29 is 9.53 Å². The summed E-state index contributed by atoms with van der Waals surface area (Å²) in [6, 6.07) is 7.25. The largest absolute Gasteiger partial charge is 0.459 e. The second-order valence-corrected chi connectivity index (χ2v) is 5.49. The summed E-state index contributed by atoms with van der Waals surface area (Å²) < 4.78 is 6.37. The van der Waals surface area contributed by atoms with Crippen molar-refractivity contribution in [1.29, 1.82) is 0 Å². The maximum atomic E-state index is 11.8. The predicted molar refractivity (Wildman–Crippen MR) is 77.8 cm³/mol. The third kappa shape index (κ3) is 5.67. The first kappa shape index (κ1) is 15.2. The molecular formula is C15H21BrO2. The van der Waals surface area contributed by atoms with Crippen molar-refractivity contribution in [3.8, 4) is 0 Å². The van der Waals surface area contributed by atoms with Crippen molar-refractivity contribution in [2.75, 3.05) is 0 Å². The third-order valence-electron chi connectivity index (χ3n) is 2.85. The molecule has 0 unspecified atom stereocenters. The van der Waals surface area contributed by atoms with Crippen LogP contribution in [0.3, 0.4) is 0 Å². The third-order valence-corrected chi connectivity index (χ3v) is 3.38. The molecule has 1 atom stereocenters. The Balaban J connectivity index is 2.33. The highest BCUT2D eigenvalue weighted by Crippen LogP contribution is 2.13. The summed E-state index contributed by atoms with van der Waals surface area (Å²) in [5.41, 5.74) is 0.610. The molecule has 1 rings (SSSR count). The number of esters is 1. The van der Waals surface area contributed by atoms with Crippen LogP contribution in [0.1, 0.15) is 56.3 Å². The summed E-state index contributed by atoms with van der Waals surface area (Å²) >= 11 is 3.34. The lowest BCUT2D eigenvalue weighted by Gasteiger charge is -2.13. The first-order chi connectivity index (χ1) is 8.63. The topological polar surface area (TPSA) is 26.3 Å². The van der Waals surface area contributed by atoms with Gasteiger partial charge >= 0.3 is 5.97 Å². The lowest BCUT2D eigenvalue weighted by Crippen LogP contribution is -2.14. The van der Waals surface area contributed by atoms with Crippen LogP contribution >= 0.6 is 15.9 Å². The molecule has 0 amide bonds. The van der Waals surface area contributed by atoms with E-state index < -0.39 is 0 Å². The van der Waals surface area contributed by atoms with Gasteiger partial charge in [0.2, 0.25) is 0 Å². The molecule has 0 heterocycles. The van der Waals surface area contributed by atoms with Gasteiger partial charge in [0.1, 0.15) is 0 Å². The SMILES string of the molecule is CCCCCC[C@@H](C)OC(=O)c1ccc(Br)cc1. The summed E-state index contributed by atoms with van der Waals surface area (Å²) in [7, 11) is 0. The van der Waals surface area contributed by atoms with Gasteiger partial charge in [0.05, 0.1) is 11.7 Å². The first-order valence-corrected chi connectivity index (χ1v) is 7.39. The van der Waals surface area contributed by atoms with Crippen molar-refractivity contribution in [3.05, 3.63) is 34.3 Å². The van der Waals surface area contributed by atoms with Gasteiger partial charge in [0.25, 0.3) is 0 Å². The van der Waals surface area contributed by atoms with Crippen LogP contribution in [-0.2, 0) is 4.74 Å². The van der Waals surface area contributed by atoms with Crippen LogP contribution in [0.15, 0.2) is 28.7 Å². The van der Waals surface area contributed by atoms with E-state index in [9.17, 15) is 4.79 Å².